The second-order valence-corrected chi connectivity index (χ2v) is 5.23. The molecule has 1 aromatic carbocycles. The van der Waals surface area contributed by atoms with Crippen LogP contribution in [0.5, 0.6) is 11.6 Å². The zero-order chi connectivity index (χ0) is 13.4. The molecule has 2 N–H and O–H groups in total. The van der Waals surface area contributed by atoms with Crippen LogP contribution in [-0.4, -0.2) is 9.97 Å². The van der Waals surface area contributed by atoms with Crippen molar-refractivity contribution in [2.45, 2.75) is 13.8 Å². The van der Waals surface area contributed by atoms with Gasteiger partial charge in [0, 0.05) is 11.3 Å². The summed E-state index contributed by atoms with van der Waals surface area (Å²) < 4.78 is 6.86. The molecule has 0 amide bonds. The summed E-state index contributed by atoms with van der Waals surface area (Å²) in [5.41, 5.74) is 9.59. The normalized spacial score (nSPS) is 10.8. The van der Waals surface area contributed by atoms with Crippen molar-refractivity contribution >= 4 is 27.2 Å². The second kappa shape index (κ2) is 4.51. The first-order valence-electron chi connectivity index (χ1n) is 5.88. The van der Waals surface area contributed by atoms with Gasteiger partial charge in [-0.05, 0) is 36.9 Å². The van der Waals surface area contributed by atoms with Gasteiger partial charge in [0.15, 0.2) is 0 Å². The van der Waals surface area contributed by atoms with Crippen LogP contribution in [-0.2, 0) is 0 Å². The highest BCUT2D eigenvalue weighted by molar-refractivity contribution is 7.17. The van der Waals surface area contributed by atoms with Crippen molar-refractivity contribution in [2.24, 2.45) is 0 Å². The molecular weight excluding hydrogens is 258 g/mol. The average molecular weight is 271 g/mol. The van der Waals surface area contributed by atoms with Gasteiger partial charge < -0.3 is 10.5 Å². The fraction of sp³-hybridized carbons (Fsp3) is 0.143. The molecule has 0 bridgehead atoms. The Balaban J connectivity index is 2.08. The van der Waals surface area contributed by atoms with Gasteiger partial charge in [-0.2, -0.15) is 0 Å². The number of aromatic nitrogens is 2. The van der Waals surface area contributed by atoms with Crippen LogP contribution in [0.3, 0.4) is 0 Å². The molecule has 0 saturated carbocycles. The molecule has 0 radical (unpaired) electrons. The SMILES string of the molecule is Cc1c(N)cccc1Oc1ncnc2c(C)csc12. The number of nitrogen functional groups attached to an aromatic ring is 1. The quantitative estimate of drug-likeness (QED) is 0.722. The van der Waals surface area contributed by atoms with Gasteiger partial charge in [-0.3, -0.25) is 0 Å². The number of nitrogens with zero attached hydrogens (tertiary/aromatic N) is 2. The van der Waals surface area contributed by atoms with Crippen molar-refractivity contribution in [3.63, 3.8) is 0 Å². The summed E-state index contributed by atoms with van der Waals surface area (Å²) in [5, 5.41) is 2.05. The molecule has 0 aliphatic rings. The van der Waals surface area contributed by atoms with Crippen LogP contribution < -0.4 is 10.5 Å². The minimum atomic E-state index is 0.580. The van der Waals surface area contributed by atoms with E-state index < -0.39 is 0 Å². The molecule has 0 spiro atoms. The molecule has 96 valence electrons. The van der Waals surface area contributed by atoms with Crippen LogP contribution >= 0.6 is 11.3 Å². The zero-order valence-electron chi connectivity index (χ0n) is 10.7. The third-order valence-corrected chi connectivity index (χ3v) is 4.11. The lowest BCUT2D eigenvalue weighted by atomic mass is 10.2. The molecule has 19 heavy (non-hydrogen) atoms. The van der Waals surface area contributed by atoms with Gasteiger partial charge in [-0.25, -0.2) is 9.97 Å². The number of hydrogen-bond donors (Lipinski definition) is 1. The maximum absolute atomic E-state index is 5.90. The Bertz CT molecular complexity index is 752. The van der Waals surface area contributed by atoms with E-state index in [1.165, 1.54) is 6.33 Å². The smallest absolute Gasteiger partial charge is 0.240 e. The van der Waals surface area contributed by atoms with Crippen LogP contribution in [0, 0.1) is 13.8 Å². The lowest BCUT2D eigenvalue weighted by molar-refractivity contribution is 0.466. The van der Waals surface area contributed by atoms with E-state index in [0.717, 1.165) is 27.1 Å². The van der Waals surface area contributed by atoms with Gasteiger partial charge in [-0.15, -0.1) is 11.3 Å². The van der Waals surface area contributed by atoms with E-state index in [-0.39, 0.29) is 0 Å². The van der Waals surface area contributed by atoms with E-state index in [1.54, 1.807) is 11.3 Å². The summed E-state index contributed by atoms with van der Waals surface area (Å²) in [6.45, 7) is 3.96. The van der Waals surface area contributed by atoms with Crippen molar-refractivity contribution in [3.8, 4) is 11.6 Å². The predicted octanol–water partition coefficient (Wildman–Crippen LogP) is 3.68. The molecule has 0 aliphatic carbocycles. The molecule has 2 aromatic heterocycles. The number of thiophene rings is 1. The molecule has 0 fully saturated rings. The van der Waals surface area contributed by atoms with E-state index in [1.807, 2.05) is 32.0 Å². The zero-order valence-corrected chi connectivity index (χ0v) is 11.5. The summed E-state index contributed by atoms with van der Waals surface area (Å²) in [7, 11) is 0. The lowest BCUT2D eigenvalue weighted by Crippen LogP contribution is -1.95. The van der Waals surface area contributed by atoms with E-state index in [2.05, 4.69) is 15.3 Å². The number of nitrogens with two attached hydrogens (primary N) is 1. The Kier molecular flexibility index (Phi) is 2.83. The summed E-state index contributed by atoms with van der Waals surface area (Å²) in [4.78, 5) is 8.50. The average Bonchev–Trinajstić information content (AvgIpc) is 2.78. The Morgan fingerprint density at radius 2 is 2.05 bits per heavy atom. The van der Waals surface area contributed by atoms with Crippen molar-refractivity contribution in [1.82, 2.24) is 9.97 Å². The van der Waals surface area contributed by atoms with Gasteiger partial charge in [0.2, 0.25) is 5.88 Å². The first kappa shape index (κ1) is 11.9. The summed E-state index contributed by atoms with van der Waals surface area (Å²) in [6.07, 6.45) is 1.53. The Hall–Kier alpha value is -2.14. The molecular formula is C14H13N3OS. The molecule has 0 atom stereocenters. The maximum atomic E-state index is 5.90. The van der Waals surface area contributed by atoms with Crippen molar-refractivity contribution in [3.05, 3.63) is 41.0 Å². The van der Waals surface area contributed by atoms with E-state index in [4.69, 9.17) is 10.5 Å². The van der Waals surface area contributed by atoms with Crippen LogP contribution in [0.2, 0.25) is 0 Å². The molecule has 2 heterocycles. The topological polar surface area (TPSA) is 61.0 Å². The fourth-order valence-corrected chi connectivity index (χ4v) is 2.79. The first-order chi connectivity index (χ1) is 9.16. The summed E-state index contributed by atoms with van der Waals surface area (Å²) in [6, 6.07) is 5.61. The lowest BCUT2D eigenvalue weighted by Gasteiger charge is -2.09. The monoisotopic (exact) mass is 271 g/mol. The standard InChI is InChI=1S/C14H13N3OS/c1-8-6-19-13-12(8)16-7-17-14(13)18-11-5-3-4-10(15)9(11)2/h3-7H,15H2,1-2H3. The highest BCUT2D eigenvalue weighted by Crippen LogP contribution is 2.34. The molecule has 3 rings (SSSR count). The highest BCUT2D eigenvalue weighted by atomic mass is 32.1. The predicted molar refractivity (Wildman–Crippen MR) is 77.8 cm³/mol. The van der Waals surface area contributed by atoms with E-state index in [9.17, 15) is 0 Å². The summed E-state index contributed by atoms with van der Waals surface area (Å²) in [5.74, 6) is 1.31. The molecule has 0 unspecified atom stereocenters. The van der Waals surface area contributed by atoms with Gasteiger partial charge in [0.25, 0.3) is 0 Å². The Labute approximate surface area is 114 Å². The van der Waals surface area contributed by atoms with Gasteiger partial charge >= 0.3 is 0 Å². The number of anilines is 1. The Morgan fingerprint density at radius 3 is 2.89 bits per heavy atom. The number of aryl methyl sites for hydroxylation is 1. The van der Waals surface area contributed by atoms with Gasteiger partial charge in [0.1, 0.15) is 16.8 Å². The third kappa shape index (κ3) is 2.02. The number of fused-ring (bicyclic) bond motifs is 1. The van der Waals surface area contributed by atoms with E-state index >= 15 is 0 Å². The minimum absolute atomic E-state index is 0.580. The van der Waals surface area contributed by atoms with Crippen molar-refractivity contribution in [2.75, 3.05) is 5.73 Å². The number of benzene rings is 1. The Morgan fingerprint density at radius 1 is 1.21 bits per heavy atom. The van der Waals surface area contributed by atoms with Crippen molar-refractivity contribution in [1.29, 1.82) is 0 Å². The molecule has 0 saturated heterocycles. The van der Waals surface area contributed by atoms with Crippen LogP contribution in [0.1, 0.15) is 11.1 Å². The van der Waals surface area contributed by atoms with E-state index in [0.29, 0.717) is 11.6 Å². The van der Waals surface area contributed by atoms with Gasteiger partial charge in [0.05, 0.1) is 5.52 Å². The number of ether oxygens (including phenoxy) is 1. The van der Waals surface area contributed by atoms with Crippen LogP contribution in [0.25, 0.3) is 10.2 Å². The largest absolute Gasteiger partial charge is 0.437 e. The number of hydrogen-bond acceptors (Lipinski definition) is 5. The molecule has 5 heteroatoms. The second-order valence-electron chi connectivity index (χ2n) is 4.35. The molecule has 0 aliphatic heterocycles. The number of rotatable bonds is 2. The first-order valence-corrected chi connectivity index (χ1v) is 6.76. The highest BCUT2D eigenvalue weighted by Gasteiger charge is 2.11. The third-order valence-electron chi connectivity index (χ3n) is 3.03. The minimum Gasteiger partial charge on any atom is -0.437 e. The van der Waals surface area contributed by atoms with Crippen molar-refractivity contribution < 1.29 is 4.74 Å². The fourth-order valence-electron chi connectivity index (χ4n) is 1.87. The molecule has 4 nitrogen and oxygen atoms in total. The van der Waals surface area contributed by atoms with Crippen LogP contribution in [0.4, 0.5) is 5.69 Å². The van der Waals surface area contributed by atoms with Crippen LogP contribution in [0.15, 0.2) is 29.9 Å². The maximum Gasteiger partial charge on any atom is 0.240 e. The molecule has 3 aromatic rings. The summed E-state index contributed by atoms with van der Waals surface area (Å²) >= 11 is 1.59. The van der Waals surface area contributed by atoms with Gasteiger partial charge in [-0.1, -0.05) is 6.07 Å².